The lowest BCUT2D eigenvalue weighted by molar-refractivity contribution is 0.141. The Bertz CT molecular complexity index is 2130. The van der Waals surface area contributed by atoms with Gasteiger partial charge in [0.2, 0.25) is 0 Å². The van der Waals surface area contributed by atoms with Crippen LogP contribution < -0.4 is 31.4 Å². The molecule has 0 aliphatic carbocycles. The largest absolute Gasteiger partial charge is 0.468 e. The van der Waals surface area contributed by atoms with E-state index >= 15 is 0 Å². The summed E-state index contributed by atoms with van der Waals surface area (Å²) >= 11 is 0. The van der Waals surface area contributed by atoms with Gasteiger partial charge in [0.25, 0.3) is 6.01 Å². The van der Waals surface area contributed by atoms with Crippen LogP contribution in [0, 0.1) is 0 Å². The number of hydrogen-bond donors (Lipinski definition) is 5. The molecule has 6 rings (SSSR count). The maximum absolute atomic E-state index is 12.3. The number of anilines is 2. The van der Waals surface area contributed by atoms with E-state index in [1.54, 1.807) is 18.8 Å². The van der Waals surface area contributed by atoms with Gasteiger partial charge in [-0.25, -0.2) is 4.79 Å². The minimum absolute atomic E-state index is 0.0255. The fourth-order valence-electron chi connectivity index (χ4n) is 5.04. The standard InChI is InChI=1S/C17H21N5O4.C16H19N5O4/c1-24-6-7-26-16-20-14(18)13-15(21-16)22(17(19-13)25-2)9-11-4-3-5-12(8-11)10-23;1-24-5-6-25-15-19-13(17)12-14(20-15)21(16(23)18-12)8-10-3-2-4-11(7-10)9-22/h3-5,8,23H,6-7,9-10H2,1-2H3,(H2,18,20,21);2-4,7,22H,5-6,8-9H2,1H3,(H,18,23)(H2,17,19,20). The number of aliphatic hydroxyl groups excluding tert-OH is 2. The maximum atomic E-state index is 12.3. The molecule has 270 valence electrons. The summed E-state index contributed by atoms with van der Waals surface area (Å²) in [6, 6.07) is 15.5. The molecular weight excluding hydrogens is 664 g/mol. The Morgan fingerprint density at radius 1 is 0.686 bits per heavy atom. The Morgan fingerprint density at radius 2 is 1.22 bits per heavy atom. The zero-order valence-electron chi connectivity index (χ0n) is 28.4. The lowest BCUT2D eigenvalue weighted by Crippen LogP contribution is -2.18. The summed E-state index contributed by atoms with van der Waals surface area (Å²) in [6.07, 6.45) is 0. The minimum Gasteiger partial charge on any atom is -0.468 e. The van der Waals surface area contributed by atoms with Gasteiger partial charge in [-0.05, 0) is 22.3 Å². The highest BCUT2D eigenvalue weighted by Gasteiger charge is 2.19. The summed E-state index contributed by atoms with van der Waals surface area (Å²) in [5, 5.41) is 18.6. The molecule has 0 saturated heterocycles. The number of benzene rings is 2. The molecule has 2 aromatic carbocycles. The van der Waals surface area contributed by atoms with Crippen LogP contribution in [0.5, 0.6) is 18.0 Å². The predicted molar refractivity (Wildman–Crippen MR) is 187 cm³/mol. The SMILES string of the molecule is COCCOc1nc(N)c2[nH]c(=O)n(Cc3cccc(CO)c3)c2n1.COCCOc1nc(N)c2nc(OC)n(Cc3cccc(CO)c3)c2n1. The number of aromatic amines is 1. The third-order valence-corrected chi connectivity index (χ3v) is 7.45. The average Bonchev–Trinajstić information content (AvgIpc) is 3.65. The number of fused-ring (bicyclic) bond motifs is 2. The summed E-state index contributed by atoms with van der Waals surface area (Å²) in [5.74, 6) is 0.348. The smallest absolute Gasteiger partial charge is 0.328 e. The lowest BCUT2D eigenvalue weighted by atomic mass is 10.1. The summed E-state index contributed by atoms with van der Waals surface area (Å²) in [4.78, 5) is 36.2. The number of ether oxygens (including phenoxy) is 5. The van der Waals surface area contributed by atoms with E-state index < -0.39 is 0 Å². The van der Waals surface area contributed by atoms with Crippen LogP contribution in [-0.4, -0.2) is 97.0 Å². The second kappa shape index (κ2) is 17.2. The van der Waals surface area contributed by atoms with Crippen LogP contribution in [0.15, 0.2) is 53.3 Å². The van der Waals surface area contributed by atoms with Crippen molar-refractivity contribution in [2.75, 3.05) is 59.2 Å². The molecule has 0 aliphatic heterocycles. The van der Waals surface area contributed by atoms with Crippen LogP contribution in [0.4, 0.5) is 11.6 Å². The number of aromatic nitrogens is 8. The van der Waals surface area contributed by atoms with Crippen molar-refractivity contribution in [3.05, 3.63) is 81.3 Å². The van der Waals surface area contributed by atoms with E-state index in [0.717, 1.165) is 22.3 Å². The van der Waals surface area contributed by atoms with Crippen LogP contribution in [-0.2, 0) is 35.8 Å². The molecular formula is C33H40N10O8. The molecule has 0 spiro atoms. The van der Waals surface area contributed by atoms with Gasteiger partial charge in [-0.2, -0.15) is 24.9 Å². The Labute approximate surface area is 291 Å². The van der Waals surface area contributed by atoms with Crippen LogP contribution >= 0.6 is 0 Å². The first-order valence-corrected chi connectivity index (χ1v) is 15.7. The lowest BCUT2D eigenvalue weighted by Gasteiger charge is -2.09. The molecule has 0 amide bonds. The van der Waals surface area contributed by atoms with Gasteiger partial charge in [-0.15, -0.1) is 0 Å². The molecule has 18 heteroatoms. The van der Waals surface area contributed by atoms with Gasteiger partial charge in [-0.1, -0.05) is 48.5 Å². The molecule has 7 N–H and O–H groups in total. The molecule has 0 unspecified atom stereocenters. The molecule has 4 aromatic heterocycles. The first-order valence-electron chi connectivity index (χ1n) is 15.7. The molecule has 0 bridgehead atoms. The molecule has 0 fully saturated rings. The van der Waals surface area contributed by atoms with Crippen molar-refractivity contribution in [1.82, 2.24) is 39.0 Å². The number of hydrogen-bond acceptors (Lipinski definition) is 15. The highest BCUT2D eigenvalue weighted by atomic mass is 16.5. The van der Waals surface area contributed by atoms with Gasteiger partial charge < -0.3 is 50.3 Å². The van der Waals surface area contributed by atoms with E-state index in [1.807, 2.05) is 48.5 Å². The molecule has 0 aliphatic rings. The van der Waals surface area contributed by atoms with Crippen LogP contribution in [0.1, 0.15) is 22.3 Å². The number of nitrogens with one attached hydrogen (secondary N) is 1. The molecule has 0 atom stereocenters. The number of methoxy groups -OCH3 is 3. The van der Waals surface area contributed by atoms with Gasteiger partial charge in [0.1, 0.15) is 18.7 Å². The first-order chi connectivity index (χ1) is 24.8. The Kier molecular flexibility index (Phi) is 12.3. The molecule has 0 radical (unpaired) electrons. The zero-order chi connectivity index (χ0) is 36.3. The summed E-state index contributed by atoms with van der Waals surface area (Å²) in [6.45, 7) is 2.01. The van der Waals surface area contributed by atoms with E-state index in [9.17, 15) is 15.0 Å². The quantitative estimate of drug-likeness (QED) is 0.0944. The number of aliphatic hydroxyl groups is 2. The van der Waals surface area contributed by atoms with Crippen molar-refractivity contribution >= 4 is 34.0 Å². The van der Waals surface area contributed by atoms with Crippen LogP contribution in [0.2, 0.25) is 0 Å². The molecule has 51 heavy (non-hydrogen) atoms. The summed E-state index contributed by atoms with van der Waals surface area (Å²) in [5.41, 5.74) is 16.7. The van der Waals surface area contributed by atoms with Gasteiger partial charge in [0, 0.05) is 14.2 Å². The normalized spacial score (nSPS) is 11.1. The van der Waals surface area contributed by atoms with Crippen LogP contribution in [0.3, 0.4) is 0 Å². The van der Waals surface area contributed by atoms with Gasteiger partial charge >= 0.3 is 17.7 Å². The van der Waals surface area contributed by atoms with Crippen molar-refractivity contribution in [2.24, 2.45) is 0 Å². The number of nitrogen functional groups attached to an aromatic ring is 2. The fourth-order valence-corrected chi connectivity index (χ4v) is 5.04. The van der Waals surface area contributed by atoms with Crippen molar-refractivity contribution in [3.63, 3.8) is 0 Å². The number of H-pyrrole nitrogens is 1. The van der Waals surface area contributed by atoms with Crippen molar-refractivity contribution in [2.45, 2.75) is 26.3 Å². The number of nitrogens with zero attached hydrogens (tertiary/aromatic N) is 7. The Hall–Kier alpha value is -5.82. The Morgan fingerprint density at radius 3 is 1.76 bits per heavy atom. The predicted octanol–water partition coefficient (Wildman–Crippen LogP) is 1.25. The van der Waals surface area contributed by atoms with E-state index in [2.05, 4.69) is 29.9 Å². The van der Waals surface area contributed by atoms with Crippen molar-refractivity contribution < 1.29 is 33.9 Å². The minimum atomic E-state index is -0.348. The van der Waals surface area contributed by atoms with Crippen LogP contribution in [0.25, 0.3) is 22.3 Å². The second-order valence-electron chi connectivity index (χ2n) is 11.0. The van der Waals surface area contributed by atoms with E-state index in [0.29, 0.717) is 54.7 Å². The number of imidazole rings is 2. The fraction of sp³-hybridized carbons (Fsp3) is 0.333. The average molecular weight is 705 g/mol. The zero-order valence-corrected chi connectivity index (χ0v) is 28.4. The highest BCUT2D eigenvalue weighted by molar-refractivity contribution is 5.83. The van der Waals surface area contributed by atoms with Gasteiger partial charge in [-0.3, -0.25) is 9.13 Å². The third kappa shape index (κ3) is 8.86. The second-order valence-corrected chi connectivity index (χ2v) is 11.0. The monoisotopic (exact) mass is 704 g/mol. The third-order valence-electron chi connectivity index (χ3n) is 7.45. The van der Waals surface area contributed by atoms with E-state index in [-0.39, 0.29) is 55.7 Å². The van der Waals surface area contributed by atoms with Crippen molar-refractivity contribution in [1.29, 1.82) is 0 Å². The first kappa shape index (κ1) is 36.5. The van der Waals surface area contributed by atoms with E-state index in [1.165, 1.54) is 11.7 Å². The summed E-state index contributed by atoms with van der Waals surface area (Å²) < 4.78 is 29.4. The number of nitrogens with two attached hydrogens (primary N) is 2. The van der Waals surface area contributed by atoms with Gasteiger partial charge in [0.15, 0.2) is 28.4 Å². The number of rotatable bonds is 15. The van der Waals surface area contributed by atoms with E-state index in [4.69, 9.17) is 35.2 Å². The topological polar surface area (TPSA) is 246 Å². The molecule has 4 heterocycles. The molecule has 18 nitrogen and oxygen atoms in total. The van der Waals surface area contributed by atoms with Gasteiger partial charge in [0.05, 0.1) is 46.6 Å². The maximum Gasteiger partial charge on any atom is 0.328 e. The molecule has 0 saturated carbocycles. The molecule has 6 aromatic rings. The summed E-state index contributed by atoms with van der Waals surface area (Å²) in [7, 11) is 4.68. The highest BCUT2D eigenvalue weighted by Crippen LogP contribution is 2.26. The van der Waals surface area contributed by atoms with Crippen molar-refractivity contribution in [3.8, 4) is 18.0 Å². The Balaban J connectivity index is 0.000000198.